The number of anilines is 2. The lowest BCUT2D eigenvalue weighted by Crippen LogP contribution is -2.35. The largest absolute Gasteiger partial charge is 0.312 e. The molecular formula is C21H18N2O3S. The van der Waals surface area contributed by atoms with Gasteiger partial charge in [0.05, 0.1) is 10.6 Å². The third-order valence-electron chi connectivity index (χ3n) is 5.40. The van der Waals surface area contributed by atoms with Crippen molar-refractivity contribution in [2.45, 2.75) is 17.7 Å². The maximum absolute atomic E-state index is 13.0. The first kappa shape index (κ1) is 16.3. The highest BCUT2D eigenvalue weighted by Gasteiger charge is 2.36. The van der Waals surface area contributed by atoms with Crippen LogP contribution in [0.15, 0.2) is 65.6 Å². The van der Waals surface area contributed by atoms with E-state index in [-0.39, 0.29) is 18.9 Å². The second kappa shape index (κ2) is 5.82. The Morgan fingerprint density at radius 2 is 1.67 bits per heavy atom. The van der Waals surface area contributed by atoms with Crippen molar-refractivity contribution in [3.63, 3.8) is 0 Å². The second-order valence-corrected chi connectivity index (χ2v) is 8.71. The molecule has 3 aromatic rings. The summed E-state index contributed by atoms with van der Waals surface area (Å²) in [5.41, 5.74) is 2.77. The maximum Gasteiger partial charge on any atom is 0.265 e. The normalized spacial score (nSPS) is 16.7. The number of para-hydroxylation sites is 1. The highest BCUT2D eigenvalue weighted by molar-refractivity contribution is 7.93. The molecule has 0 radical (unpaired) electrons. The average Bonchev–Trinajstić information content (AvgIpc) is 3.20. The number of carbonyl (C=O) groups excluding carboxylic acids is 1. The molecule has 2 heterocycles. The summed E-state index contributed by atoms with van der Waals surface area (Å²) in [4.78, 5) is 14.9. The Kier molecular flexibility index (Phi) is 3.52. The van der Waals surface area contributed by atoms with E-state index in [1.54, 1.807) is 17.0 Å². The van der Waals surface area contributed by atoms with Gasteiger partial charge in [-0.15, -0.1) is 0 Å². The summed E-state index contributed by atoms with van der Waals surface area (Å²) in [7, 11) is -3.62. The standard InChI is InChI=1S/C21H18N2O3S/c24-20(22-13-11-15-5-1-2-8-17(15)22)12-14-23-18-9-3-6-16-7-4-10-19(21(16)18)27(23,25)26/h1-10H,11-14H2. The third-order valence-corrected chi connectivity index (χ3v) is 7.25. The molecule has 0 aliphatic carbocycles. The highest BCUT2D eigenvalue weighted by atomic mass is 32.2. The summed E-state index contributed by atoms with van der Waals surface area (Å²) >= 11 is 0. The van der Waals surface area contributed by atoms with Crippen molar-refractivity contribution in [3.05, 3.63) is 66.2 Å². The molecule has 0 saturated carbocycles. The van der Waals surface area contributed by atoms with Gasteiger partial charge in [-0.1, -0.05) is 42.5 Å². The molecule has 1 amide bonds. The summed E-state index contributed by atoms with van der Waals surface area (Å²) < 4.78 is 27.4. The van der Waals surface area contributed by atoms with E-state index >= 15 is 0 Å². The lowest BCUT2D eigenvalue weighted by molar-refractivity contribution is -0.118. The topological polar surface area (TPSA) is 57.7 Å². The number of rotatable bonds is 3. The Labute approximate surface area is 157 Å². The van der Waals surface area contributed by atoms with E-state index < -0.39 is 10.0 Å². The van der Waals surface area contributed by atoms with Crippen molar-refractivity contribution in [2.75, 3.05) is 22.3 Å². The number of hydrogen-bond acceptors (Lipinski definition) is 3. The monoisotopic (exact) mass is 378 g/mol. The fourth-order valence-electron chi connectivity index (χ4n) is 4.13. The zero-order valence-electron chi connectivity index (χ0n) is 14.6. The molecule has 136 valence electrons. The molecule has 0 spiro atoms. The third kappa shape index (κ3) is 2.36. The summed E-state index contributed by atoms with van der Waals surface area (Å²) in [6.07, 6.45) is 0.993. The molecule has 0 saturated heterocycles. The maximum atomic E-state index is 13.0. The predicted molar refractivity (Wildman–Crippen MR) is 106 cm³/mol. The quantitative estimate of drug-likeness (QED) is 0.702. The number of fused-ring (bicyclic) bond motifs is 1. The van der Waals surface area contributed by atoms with E-state index in [9.17, 15) is 13.2 Å². The Hall–Kier alpha value is -2.86. The number of benzene rings is 3. The molecule has 5 rings (SSSR count). The smallest absolute Gasteiger partial charge is 0.265 e. The average molecular weight is 378 g/mol. The van der Waals surface area contributed by atoms with Gasteiger partial charge in [-0.2, -0.15) is 0 Å². The van der Waals surface area contributed by atoms with Crippen LogP contribution in [0.3, 0.4) is 0 Å². The van der Waals surface area contributed by atoms with Gasteiger partial charge in [0.2, 0.25) is 5.91 Å². The van der Waals surface area contributed by atoms with Crippen LogP contribution in [-0.4, -0.2) is 27.4 Å². The van der Waals surface area contributed by atoms with Crippen LogP contribution in [0.25, 0.3) is 10.8 Å². The number of nitrogens with zero attached hydrogens (tertiary/aromatic N) is 2. The van der Waals surface area contributed by atoms with E-state index in [1.165, 1.54) is 4.31 Å². The first-order valence-corrected chi connectivity index (χ1v) is 10.4. The molecule has 2 aliphatic rings. The number of carbonyl (C=O) groups is 1. The molecular weight excluding hydrogens is 360 g/mol. The molecule has 0 fully saturated rings. The predicted octanol–water partition coefficient (Wildman–Crippen LogP) is 3.33. The summed E-state index contributed by atoms with van der Waals surface area (Å²) in [6, 6.07) is 18.8. The van der Waals surface area contributed by atoms with Crippen molar-refractivity contribution in [2.24, 2.45) is 0 Å². The lowest BCUT2D eigenvalue weighted by atomic mass is 10.1. The van der Waals surface area contributed by atoms with Crippen LogP contribution in [0.2, 0.25) is 0 Å². The first-order valence-electron chi connectivity index (χ1n) is 9.00. The van der Waals surface area contributed by atoms with Crippen LogP contribution in [0.4, 0.5) is 11.4 Å². The van der Waals surface area contributed by atoms with Crippen LogP contribution in [0.5, 0.6) is 0 Å². The van der Waals surface area contributed by atoms with Crippen molar-refractivity contribution >= 4 is 38.1 Å². The van der Waals surface area contributed by atoms with E-state index in [0.29, 0.717) is 17.1 Å². The highest BCUT2D eigenvalue weighted by Crippen LogP contribution is 2.42. The Bertz CT molecular complexity index is 1180. The van der Waals surface area contributed by atoms with Gasteiger partial charge in [0.25, 0.3) is 10.0 Å². The van der Waals surface area contributed by atoms with Crippen LogP contribution >= 0.6 is 0 Å². The first-order chi connectivity index (χ1) is 13.1. The molecule has 3 aromatic carbocycles. The molecule has 2 aliphatic heterocycles. The molecule has 0 aromatic heterocycles. The van der Waals surface area contributed by atoms with Crippen molar-refractivity contribution in [1.82, 2.24) is 0 Å². The summed E-state index contributed by atoms with van der Waals surface area (Å²) in [5.74, 6) is -0.0433. The van der Waals surface area contributed by atoms with Crippen molar-refractivity contribution in [1.29, 1.82) is 0 Å². The van der Waals surface area contributed by atoms with Crippen molar-refractivity contribution < 1.29 is 13.2 Å². The van der Waals surface area contributed by atoms with Gasteiger partial charge in [0.15, 0.2) is 0 Å². The Morgan fingerprint density at radius 1 is 0.926 bits per heavy atom. The van der Waals surface area contributed by atoms with Gasteiger partial charge in [-0.25, -0.2) is 8.42 Å². The van der Waals surface area contributed by atoms with Crippen LogP contribution < -0.4 is 9.21 Å². The van der Waals surface area contributed by atoms with Crippen molar-refractivity contribution in [3.8, 4) is 0 Å². The van der Waals surface area contributed by atoms with Gasteiger partial charge >= 0.3 is 0 Å². The number of hydrogen-bond donors (Lipinski definition) is 0. The number of sulfonamides is 1. The summed E-state index contributed by atoms with van der Waals surface area (Å²) in [6.45, 7) is 0.800. The Morgan fingerprint density at radius 3 is 2.52 bits per heavy atom. The zero-order chi connectivity index (χ0) is 18.6. The van der Waals surface area contributed by atoms with Gasteiger partial charge < -0.3 is 4.90 Å². The van der Waals surface area contributed by atoms with E-state index in [4.69, 9.17) is 0 Å². The van der Waals surface area contributed by atoms with Crippen LogP contribution in [0, 0.1) is 0 Å². The lowest BCUT2D eigenvalue weighted by Gasteiger charge is -2.21. The molecule has 0 atom stereocenters. The van der Waals surface area contributed by atoms with E-state index in [2.05, 4.69) is 0 Å². The SMILES string of the molecule is O=C(CCN1c2cccc3cccc(c23)S1(=O)=O)N1CCc2ccccc21. The van der Waals surface area contributed by atoms with Gasteiger partial charge in [-0.3, -0.25) is 9.10 Å². The zero-order valence-corrected chi connectivity index (χ0v) is 15.4. The number of amides is 1. The molecule has 5 nitrogen and oxygen atoms in total. The molecule has 0 unspecified atom stereocenters. The molecule has 27 heavy (non-hydrogen) atoms. The van der Waals surface area contributed by atoms with Gasteiger partial charge in [0.1, 0.15) is 0 Å². The minimum atomic E-state index is -3.62. The van der Waals surface area contributed by atoms with E-state index in [1.807, 2.05) is 48.5 Å². The minimum absolute atomic E-state index is 0.0433. The molecule has 6 heteroatoms. The minimum Gasteiger partial charge on any atom is -0.312 e. The van der Waals surface area contributed by atoms with Crippen LogP contribution in [-0.2, 0) is 21.2 Å². The molecule has 0 bridgehead atoms. The van der Waals surface area contributed by atoms with E-state index in [0.717, 1.165) is 28.4 Å². The molecule has 0 N–H and O–H groups in total. The van der Waals surface area contributed by atoms with Gasteiger partial charge in [0, 0.05) is 30.6 Å². The second-order valence-electron chi connectivity index (χ2n) is 6.88. The Balaban J connectivity index is 1.43. The summed E-state index contributed by atoms with van der Waals surface area (Å²) in [5, 5.41) is 1.65. The fourth-order valence-corrected chi connectivity index (χ4v) is 5.84. The fraction of sp³-hybridized carbons (Fsp3) is 0.190. The van der Waals surface area contributed by atoms with Crippen LogP contribution in [0.1, 0.15) is 12.0 Å². The van der Waals surface area contributed by atoms with Gasteiger partial charge in [-0.05, 0) is 35.6 Å².